The zero-order chi connectivity index (χ0) is 15.5. The first-order chi connectivity index (χ1) is 9.31. The summed E-state index contributed by atoms with van der Waals surface area (Å²) in [6, 6.07) is 0.388. The number of hydrogen-bond acceptors (Lipinski definition) is 3. The lowest BCUT2D eigenvalue weighted by atomic mass is 9.68. The van der Waals surface area contributed by atoms with Crippen LogP contribution in [0.4, 0.5) is 0 Å². The number of ether oxygens (including phenoxy) is 2. The molecule has 4 nitrogen and oxygen atoms in total. The number of carbonyl (C=O) groups excluding carboxylic acids is 1. The Morgan fingerprint density at radius 1 is 1.15 bits per heavy atom. The van der Waals surface area contributed by atoms with Gasteiger partial charge >= 0.3 is 0 Å². The highest BCUT2D eigenvalue weighted by Gasteiger charge is 2.59. The van der Waals surface area contributed by atoms with E-state index in [0.29, 0.717) is 13.2 Å². The minimum Gasteiger partial charge on any atom is -0.349 e. The van der Waals surface area contributed by atoms with Crippen molar-refractivity contribution in [2.75, 3.05) is 13.2 Å². The van der Waals surface area contributed by atoms with Crippen molar-refractivity contribution < 1.29 is 14.3 Å². The van der Waals surface area contributed by atoms with Gasteiger partial charge in [0.15, 0.2) is 5.79 Å². The van der Waals surface area contributed by atoms with Crippen LogP contribution in [0.1, 0.15) is 54.9 Å². The maximum absolute atomic E-state index is 12.9. The summed E-state index contributed by atoms with van der Waals surface area (Å²) in [4.78, 5) is 14.8. The summed E-state index contributed by atoms with van der Waals surface area (Å²) in [7, 11) is 0. The summed E-state index contributed by atoms with van der Waals surface area (Å²) in [6.45, 7) is 15.4. The first kappa shape index (κ1) is 17.4. The summed E-state index contributed by atoms with van der Waals surface area (Å²) in [5, 5.41) is 0. The van der Waals surface area contributed by atoms with Crippen molar-refractivity contribution in [3.05, 3.63) is 0 Å². The van der Waals surface area contributed by atoms with E-state index in [2.05, 4.69) is 34.6 Å². The Balaban J connectivity index is 2.96. The van der Waals surface area contributed by atoms with Crippen molar-refractivity contribution in [3.63, 3.8) is 0 Å². The van der Waals surface area contributed by atoms with Gasteiger partial charge in [-0.05, 0) is 48.0 Å². The monoisotopic (exact) mass is 285 g/mol. The molecular formula is C16H31NO3. The van der Waals surface area contributed by atoms with Crippen molar-refractivity contribution in [1.82, 2.24) is 4.90 Å². The maximum atomic E-state index is 12.9. The summed E-state index contributed by atoms with van der Waals surface area (Å²) >= 11 is 0. The molecular weight excluding hydrogens is 254 g/mol. The van der Waals surface area contributed by atoms with Crippen LogP contribution in [0.5, 0.6) is 0 Å². The Morgan fingerprint density at radius 2 is 1.60 bits per heavy atom. The van der Waals surface area contributed by atoms with Gasteiger partial charge < -0.3 is 14.4 Å². The molecule has 4 heteroatoms. The zero-order valence-corrected chi connectivity index (χ0v) is 14.1. The molecule has 1 aliphatic carbocycles. The third kappa shape index (κ3) is 3.01. The van der Waals surface area contributed by atoms with Crippen LogP contribution in [0.15, 0.2) is 0 Å². The smallest absolute Gasteiger partial charge is 0.231 e. The highest BCUT2D eigenvalue weighted by Crippen LogP contribution is 2.49. The van der Waals surface area contributed by atoms with Gasteiger partial charge in [0.1, 0.15) is 0 Å². The SMILES string of the molecule is CCOC1(OCC)[C@@H](C)C[C@H]1C(=O)N(C(C)C)C(C)C. The van der Waals surface area contributed by atoms with Gasteiger partial charge in [-0.25, -0.2) is 0 Å². The van der Waals surface area contributed by atoms with Crippen LogP contribution in [0.2, 0.25) is 0 Å². The predicted molar refractivity (Wildman–Crippen MR) is 80.4 cm³/mol. The second-order valence-electron chi connectivity index (χ2n) is 6.21. The van der Waals surface area contributed by atoms with Crippen LogP contribution in [-0.2, 0) is 14.3 Å². The number of carbonyl (C=O) groups is 1. The Hall–Kier alpha value is -0.610. The highest BCUT2D eigenvalue weighted by atomic mass is 16.7. The average molecular weight is 285 g/mol. The Kier molecular flexibility index (Phi) is 6.02. The standard InChI is InChI=1S/C16H31NO3/c1-8-19-16(20-9-2)13(7)10-14(16)15(18)17(11(3)4)12(5)6/h11-14H,8-10H2,1-7H3/t13-,14-/m0/s1. The van der Waals surface area contributed by atoms with Crippen molar-refractivity contribution in [1.29, 1.82) is 0 Å². The number of nitrogens with zero attached hydrogens (tertiary/aromatic N) is 1. The first-order valence-corrected chi connectivity index (χ1v) is 7.91. The molecule has 0 aromatic rings. The molecule has 1 saturated carbocycles. The molecule has 0 aromatic carbocycles. The lowest BCUT2D eigenvalue weighted by Crippen LogP contribution is -2.64. The molecule has 0 bridgehead atoms. The van der Waals surface area contributed by atoms with Crippen LogP contribution < -0.4 is 0 Å². The third-order valence-corrected chi connectivity index (χ3v) is 4.17. The van der Waals surface area contributed by atoms with Gasteiger partial charge in [-0.2, -0.15) is 0 Å². The maximum Gasteiger partial charge on any atom is 0.231 e. The van der Waals surface area contributed by atoms with E-state index in [4.69, 9.17) is 9.47 Å². The first-order valence-electron chi connectivity index (χ1n) is 7.91. The predicted octanol–water partition coefficient (Wildman–Crippen LogP) is 3.06. The van der Waals surface area contributed by atoms with Crippen LogP contribution in [0.3, 0.4) is 0 Å². The lowest BCUT2D eigenvalue weighted by Gasteiger charge is -2.54. The molecule has 0 unspecified atom stereocenters. The van der Waals surface area contributed by atoms with E-state index in [0.717, 1.165) is 6.42 Å². The molecule has 0 N–H and O–H groups in total. The van der Waals surface area contributed by atoms with E-state index < -0.39 is 5.79 Å². The highest BCUT2D eigenvalue weighted by molar-refractivity contribution is 5.81. The van der Waals surface area contributed by atoms with Gasteiger partial charge in [-0.1, -0.05) is 6.92 Å². The van der Waals surface area contributed by atoms with Gasteiger partial charge in [0, 0.05) is 31.2 Å². The van der Waals surface area contributed by atoms with Crippen molar-refractivity contribution in [2.24, 2.45) is 11.8 Å². The molecule has 0 spiro atoms. The minimum atomic E-state index is -0.720. The molecule has 118 valence electrons. The number of amides is 1. The molecule has 0 saturated heterocycles. The van der Waals surface area contributed by atoms with E-state index in [9.17, 15) is 4.79 Å². The number of rotatable bonds is 7. The Morgan fingerprint density at radius 3 is 1.90 bits per heavy atom. The van der Waals surface area contributed by atoms with Crippen molar-refractivity contribution in [2.45, 2.75) is 72.8 Å². The van der Waals surface area contributed by atoms with E-state index in [1.54, 1.807) is 0 Å². The molecule has 1 amide bonds. The normalized spacial score (nSPS) is 24.9. The van der Waals surface area contributed by atoms with E-state index in [-0.39, 0.29) is 29.8 Å². The second kappa shape index (κ2) is 6.90. The topological polar surface area (TPSA) is 38.8 Å². The quantitative estimate of drug-likeness (QED) is 0.675. The van der Waals surface area contributed by atoms with Crippen LogP contribution in [0.25, 0.3) is 0 Å². The molecule has 20 heavy (non-hydrogen) atoms. The van der Waals surface area contributed by atoms with Crippen molar-refractivity contribution in [3.8, 4) is 0 Å². The summed E-state index contributed by atoms with van der Waals surface area (Å²) in [5.41, 5.74) is 0. The van der Waals surface area contributed by atoms with E-state index in [1.807, 2.05) is 18.7 Å². The Bertz CT molecular complexity index is 314. The van der Waals surface area contributed by atoms with E-state index in [1.165, 1.54) is 0 Å². The van der Waals surface area contributed by atoms with E-state index >= 15 is 0 Å². The van der Waals surface area contributed by atoms with Crippen LogP contribution >= 0.6 is 0 Å². The third-order valence-electron chi connectivity index (χ3n) is 4.17. The van der Waals surface area contributed by atoms with Gasteiger partial charge in [-0.3, -0.25) is 4.79 Å². The molecule has 1 aliphatic rings. The van der Waals surface area contributed by atoms with Gasteiger partial charge in [-0.15, -0.1) is 0 Å². The van der Waals surface area contributed by atoms with Crippen LogP contribution in [0, 0.1) is 11.8 Å². The largest absolute Gasteiger partial charge is 0.349 e. The molecule has 0 heterocycles. The lowest BCUT2D eigenvalue weighted by molar-refractivity contribution is -0.331. The molecule has 1 rings (SSSR count). The minimum absolute atomic E-state index is 0.162. The summed E-state index contributed by atoms with van der Waals surface area (Å²) < 4.78 is 11.8. The zero-order valence-electron chi connectivity index (χ0n) is 14.1. The van der Waals surface area contributed by atoms with Gasteiger partial charge in [0.2, 0.25) is 5.91 Å². The van der Waals surface area contributed by atoms with Crippen molar-refractivity contribution >= 4 is 5.91 Å². The molecule has 1 fully saturated rings. The molecule has 0 radical (unpaired) electrons. The number of hydrogen-bond donors (Lipinski definition) is 0. The fourth-order valence-corrected chi connectivity index (χ4v) is 3.40. The van der Waals surface area contributed by atoms with Crippen LogP contribution in [-0.4, -0.2) is 41.9 Å². The average Bonchev–Trinajstić information content (AvgIpc) is 2.34. The van der Waals surface area contributed by atoms with Gasteiger partial charge in [0.05, 0.1) is 5.92 Å². The fourth-order valence-electron chi connectivity index (χ4n) is 3.40. The summed E-state index contributed by atoms with van der Waals surface area (Å²) in [6.07, 6.45) is 0.842. The summed E-state index contributed by atoms with van der Waals surface area (Å²) in [5.74, 6) is -0.475. The molecule has 0 aliphatic heterocycles. The molecule has 0 aromatic heterocycles. The Labute approximate surface area is 123 Å². The molecule has 2 atom stereocenters. The van der Waals surface area contributed by atoms with Gasteiger partial charge in [0.25, 0.3) is 0 Å². The second-order valence-corrected chi connectivity index (χ2v) is 6.21. The fraction of sp³-hybridized carbons (Fsp3) is 0.938.